The van der Waals surface area contributed by atoms with Gasteiger partial charge in [-0.25, -0.2) is 0 Å². The van der Waals surface area contributed by atoms with E-state index < -0.39 is 0 Å². The van der Waals surface area contributed by atoms with Crippen molar-refractivity contribution in [3.63, 3.8) is 0 Å². The number of anilines is 1. The minimum absolute atomic E-state index is 0.672. The third-order valence-electron chi connectivity index (χ3n) is 2.59. The molecule has 0 fully saturated rings. The van der Waals surface area contributed by atoms with E-state index in [9.17, 15) is 0 Å². The molecule has 0 aliphatic heterocycles. The van der Waals surface area contributed by atoms with Gasteiger partial charge in [0.05, 0.1) is 20.3 Å². The van der Waals surface area contributed by atoms with Crippen LogP contribution in [-0.4, -0.2) is 19.8 Å². The van der Waals surface area contributed by atoms with E-state index in [0.29, 0.717) is 12.5 Å². The van der Waals surface area contributed by atoms with Crippen LogP contribution < -0.4 is 5.32 Å². The second kappa shape index (κ2) is 7.38. The van der Waals surface area contributed by atoms with Gasteiger partial charge in [0.15, 0.2) is 11.5 Å². The fraction of sp³-hybridized carbons (Fsp3) is 0.462. The van der Waals surface area contributed by atoms with Crippen molar-refractivity contribution in [1.29, 1.82) is 0 Å². The zero-order chi connectivity index (χ0) is 13.7. The molecule has 2 heterocycles. The van der Waals surface area contributed by atoms with Crippen LogP contribution in [0.2, 0.25) is 0 Å². The molecular weight excluding hydrogens is 346 g/mol. The van der Waals surface area contributed by atoms with Crippen LogP contribution in [0.15, 0.2) is 20.3 Å². The van der Waals surface area contributed by atoms with E-state index >= 15 is 0 Å². The second-order valence-corrected chi connectivity index (χ2v) is 6.28. The van der Waals surface area contributed by atoms with Crippen LogP contribution in [0.3, 0.4) is 0 Å². The van der Waals surface area contributed by atoms with Crippen molar-refractivity contribution in [3.8, 4) is 0 Å². The molecule has 0 saturated carbocycles. The Balaban J connectivity index is 1.94. The highest BCUT2D eigenvalue weighted by Gasteiger charge is 2.07. The summed E-state index contributed by atoms with van der Waals surface area (Å²) in [5, 5.41) is 5.18. The lowest BCUT2D eigenvalue weighted by atomic mass is 10.4. The molecule has 1 N–H and O–H groups in total. The van der Waals surface area contributed by atoms with Gasteiger partial charge in [0, 0.05) is 24.6 Å². The summed E-state index contributed by atoms with van der Waals surface area (Å²) in [6, 6.07) is 1.85. The van der Waals surface area contributed by atoms with Gasteiger partial charge in [-0.3, -0.25) is 0 Å². The van der Waals surface area contributed by atoms with Gasteiger partial charge in [0.25, 0.3) is 0 Å². The first kappa shape index (κ1) is 15.0. The maximum atomic E-state index is 5.77. The van der Waals surface area contributed by atoms with Crippen molar-refractivity contribution in [2.75, 3.05) is 25.1 Å². The van der Waals surface area contributed by atoms with E-state index in [1.165, 1.54) is 0 Å². The molecule has 104 valence electrons. The third kappa shape index (κ3) is 4.02. The predicted molar refractivity (Wildman–Crippen MR) is 86.8 cm³/mol. The normalized spacial score (nSPS) is 11.1. The number of halogens is 1. The highest BCUT2D eigenvalue weighted by molar-refractivity contribution is 9.10. The largest absolute Gasteiger partial charge is 0.439 e. The predicted octanol–water partition coefficient (Wildman–Crippen LogP) is 5.21. The topological polar surface area (TPSA) is 34.4 Å². The standard InChI is InChI=1S/C13H16BrNO2S2/c1-2-3-5-16-6-4-15-11-7-10(18)13-12(17-11)9(14)8-19-13/h7-8,15H,2-6H2,1H3. The fourth-order valence-corrected chi connectivity index (χ4v) is 3.39. The van der Waals surface area contributed by atoms with Crippen LogP contribution in [0.25, 0.3) is 10.3 Å². The van der Waals surface area contributed by atoms with Crippen LogP contribution in [-0.2, 0) is 4.74 Å². The van der Waals surface area contributed by atoms with Gasteiger partial charge in [0.1, 0.15) is 0 Å². The van der Waals surface area contributed by atoms with Gasteiger partial charge in [-0.15, -0.1) is 11.3 Å². The van der Waals surface area contributed by atoms with Gasteiger partial charge in [-0.1, -0.05) is 25.6 Å². The summed E-state index contributed by atoms with van der Waals surface area (Å²) in [7, 11) is 0. The Morgan fingerprint density at radius 1 is 1.47 bits per heavy atom. The minimum Gasteiger partial charge on any atom is -0.439 e. The van der Waals surface area contributed by atoms with Crippen LogP contribution in [0, 0.1) is 4.51 Å². The Labute approximate surface area is 130 Å². The molecule has 0 aliphatic rings. The molecule has 0 amide bonds. The van der Waals surface area contributed by atoms with Gasteiger partial charge < -0.3 is 14.5 Å². The SMILES string of the molecule is CCCCOCCNc1cc(=S)c2scc(Br)c2o1. The molecule has 2 aromatic rings. The number of nitrogens with one attached hydrogen (secondary N) is 1. The molecule has 0 unspecified atom stereocenters. The molecule has 0 aliphatic carbocycles. The monoisotopic (exact) mass is 361 g/mol. The van der Waals surface area contributed by atoms with Crippen molar-refractivity contribution < 1.29 is 9.15 Å². The van der Waals surface area contributed by atoms with E-state index in [1.807, 2.05) is 11.4 Å². The number of unbranched alkanes of at least 4 members (excludes halogenated alkanes) is 1. The first-order chi connectivity index (χ1) is 9.22. The van der Waals surface area contributed by atoms with E-state index in [2.05, 4.69) is 28.2 Å². The van der Waals surface area contributed by atoms with E-state index in [1.54, 1.807) is 11.3 Å². The number of rotatable bonds is 7. The molecule has 19 heavy (non-hydrogen) atoms. The molecule has 6 heteroatoms. The lowest BCUT2D eigenvalue weighted by molar-refractivity contribution is 0.140. The Morgan fingerprint density at radius 3 is 3.11 bits per heavy atom. The number of thiophene rings is 1. The van der Waals surface area contributed by atoms with Crippen LogP contribution in [0.4, 0.5) is 5.88 Å². The Morgan fingerprint density at radius 2 is 2.32 bits per heavy atom. The zero-order valence-electron chi connectivity index (χ0n) is 10.7. The van der Waals surface area contributed by atoms with Crippen molar-refractivity contribution >= 4 is 55.7 Å². The van der Waals surface area contributed by atoms with Gasteiger partial charge in [-0.05, 0) is 22.4 Å². The lowest BCUT2D eigenvalue weighted by Gasteiger charge is -2.06. The summed E-state index contributed by atoms with van der Waals surface area (Å²) in [5.74, 6) is 0.690. The van der Waals surface area contributed by atoms with Crippen molar-refractivity contribution in [1.82, 2.24) is 0 Å². The molecule has 0 aromatic carbocycles. The van der Waals surface area contributed by atoms with Crippen molar-refractivity contribution in [3.05, 3.63) is 20.4 Å². The summed E-state index contributed by atoms with van der Waals surface area (Å²) >= 11 is 10.4. The molecule has 0 spiro atoms. The highest BCUT2D eigenvalue weighted by atomic mass is 79.9. The van der Waals surface area contributed by atoms with E-state index in [0.717, 1.165) is 45.3 Å². The molecule has 3 nitrogen and oxygen atoms in total. The Hall–Kier alpha value is -0.430. The minimum atomic E-state index is 0.672. The Kier molecular flexibility index (Phi) is 5.81. The van der Waals surface area contributed by atoms with Crippen molar-refractivity contribution in [2.45, 2.75) is 19.8 Å². The number of hydrogen-bond acceptors (Lipinski definition) is 5. The first-order valence-electron chi connectivity index (χ1n) is 6.25. The average molecular weight is 362 g/mol. The zero-order valence-corrected chi connectivity index (χ0v) is 13.9. The third-order valence-corrected chi connectivity index (χ3v) is 4.93. The quantitative estimate of drug-likeness (QED) is 0.541. The number of ether oxygens (including phenoxy) is 1. The van der Waals surface area contributed by atoms with Gasteiger partial charge >= 0.3 is 0 Å². The second-order valence-electron chi connectivity index (χ2n) is 4.11. The fourth-order valence-electron chi connectivity index (χ4n) is 1.60. The first-order valence-corrected chi connectivity index (χ1v) is 8.33. The molecule has 0 atom stereocenters. The average Bonchev–Trinajstić information content (AvgIpc) is 2.76. The van der Waals surface area contributed by atoms with Crippen LogP contribution in [0.1, 0.15) is 19.8 Å². The van der Waals surface area contributed by atoms with Crippen molar-refractivity contribution in [2.24, 2.45) is 0 Å². The Bertz CT molecular complexity index is 594. The molecule has 2 aromatic heterocycles. The summed E-state index contributed by atoms with van der Waals surface area (Å²) in [6.45, 7) is 4.36. The van der Waals surface area contributed by atoms with Crippen LogP contribution >= 0.6 is 39.5 Å². The molecule has 2 rings (SSSR count). The molecular formula is C13H16BrNO2S2. The molecule has 0 bridgehead atoms. The number of fused-ring (bicyclic) bond motifs is 1. The summed E-state index contributed by atoms with van der Waals surface area (Å²) in [6.07, 6.45) is 2.26. The summed E-state index contributed by atoms with van der Waals surface area (Å²) in [4.78, 5) is 0. The maximum Gasteiger partial charge on any atom is 0.195 e. The number of hydrogen-bond donors (Lipinski definition) is 1. The molecule has 0 radical (unpaired) electrons. The van der Waals surface area contributed by atoms with Gasteiger partial charge in [-0.2, -0.15) is 0 Å². The lowest BCUT2D eigenvalue weighted by Crippen LogP contribution is -2.09. The van der Waals surface area contributed by atoms with E-state index in [-0.39, 0.29) is 0 Å². The van der Waals surface area contributed by atoms with Crippen LogP contribution in [0.5, 0.6) is 0 Å². The summed E-state index contributed by atoms with van der Waals surface area (Å²) in [5.41, 5.74) is 0.812. The maximum absolute atomic E-state index is 5.77. The molecule has 0 saturated heterocycles. The smallest absolute Gasteiger partial charge is 0.195 e. The van der Waals surface area contributed by atoms with E-state index in [4.69, 9.17) is 21.4 Å². The van der Waals surface area contributed by atoms with Gasteiger partial charge in [0.2, 0.25) is 0 Å². The summed E-state index contributed by atoms with van der Waals surface area (Å²) < 4.78 is 14.0. The highest BCUT2D eigenvalue weighted by Crippen LogP contribution is 2.33.